The second kappa shape index (κ2) is 9.48. The molecule has 2 heterocycles. The number of nitrogens with one attached hydrogen (secondary N) is 1. The van der Waals surface area contributed by atoms with Crippen molar-refractivity contribution >= 4 is 40.0 Å². The van der Waals surface area contributed by atoms with Gasteiger partial charge in [0.2, 0.25) is 5.91 Å². The summed E-state index contributed by atoms with van der Waals surface area (Å²) in [6, 6.07) is 1.31. The lowest BCUT2D eigenvalue weighted by Gasteiger charge is -2.11. The predicted molar refractivity (Wildman–Crippen MR) is 108 cm³/mol. The zero-order chi connectivity index (χ0) is 22.6. The van der Waals surface area contributed by atoms with Gasteiger partial charge in [-0.1, -0.05) is 6.92 Å². The van der Waals surface area contributed by atoms with Crippen LogP contribution in [0.4, 0.5) is 10.8 Å². The fraction of sp³-hybridized carbons (Fsp3) is 0.444. The first-order valence-corrected chi connectivity index (χ1v) is 9.80. The molecule has 0 aromatic carbocycles. The Bertz CT molecular complexity index is 995. The Kier molecular flexibility index (Phi) is 7.27. The lowest BCUT2D eigenvalue weighted by atomic mass is 10.1. The third-order valence-corrected chi connectivity index (χ3v) is 5.47. The number of thiophene rings is 1. The molecular weight excluding hydrogens is 416 g/mol. The molecule has 30 heavy (non-hydrogen) atoms. The van der Waals surface area contributed by atoms with Crippen molar-refractivity contribution in [3.05, 3.63) is 37.9 Å². The molecule has 0 bridgehead atoms. The quantitative estimate of drug-likeness (QED) is 0.376. The average molecular weight is 438 g/mol. The summed E-state index contributed by atoms with van der Waals surface area (Å²) >= 11 is 0.922. The number of hydrogen-bond donors (Lipinski definition) is 1. The standard InChI is InChI=1S/C18H22N4O7S/c1-6-29-18(25)14-11(4)13(17(24)28-5)16(30-14)19-15(23)9(2)8-21-10(3)7-12(20-21)22(26)27/h7,9H,6,8H2,1-5H3,(H,19,23). The smallest absolute Gasteiger partial charge is 0.390 e. The summed E-state index contributed by atoms with van der Waals surface area (Å²) in [5, 5.41) is 17.5. The maximum Gasteiger partial charge on any atom is 0.390 e. The van der Waals surface area contributed by atoms with E-state index >= 15 is 0 Å². The van der Waals surface area contributed by atoms with Crippen molar-refractivity contribution < 1.29 is 28.8 Å². The molecule has 0 saturated carbocycles. The van der Waals surface area contributed by atoms with Crippen LogP contribution in [0.1, 0.15) is 45.1 Å². The Morgan fingerprint density at radius 1 is 1.33 bits per heavy atom. The van der Waals surface area contributed by atoms with Crippen LogP contribution in [0.3, 0.4) is 0 Å². The van der Waals surface area contributed by atoms with E-state index in [0.717, 1.165) is 11.3 Å². The van der Waals surface area contributed by atoms with Gasteiger partial charge in [-0.15, -0.1) is 11.3 Å². The lowest BCUT2D eigenvalue weighted by molar-refractivity contribution is -0.389. The molecule has 0 aliphatic heterocycles. The van der Waals surface area contributed by atoms with E-state index in [-0.39, 0.29) is 34.4 Å². The third kappa shape index (κ3) is 4.82. The Balaban J connectivity index is 2.26. The van der Waals surface area contributed by atoms with E-state index in [1.165, 1.54) is 17.9 Å². The monoisotopic (exact) mass is 438 g/mol. The second-order valence-corrected chi connectivity index (χ2v) is 7.47. The number of rotatable bonds is 8. The summed E-state index contributed by atoms with van der Waals surface area (Å²) in [6.07, 6.45) is 0. The molecule has 0 radical (unpaired) electrons. The minimum Gasteiger partial charge on any atom is -0.465 e. The minimum absolute atomic E-state index is 0.0806. The molecule has 11 nitrogen and oxygen atoms in total. The minimum atomic E-state index is -0.694. The van der Waals surface area contributed by atoms with E-state index in [1.807, 2.05) is 0 Å². The van der Waals surface area contributed by atoms with Crippen LogP contribution >= 0.6 is 11.3 Å². The topological polar surface area (TPSA) is 143 Å². The largest absolute Gasteiger partial charge is 0.465 e. The molecule has 1 unspecified atom stereocenters. The predicted octanol–water partition coefficient (Wildman–Crippen LogP) is 2.71. The van der Waals surface area contributed by atoms with Crippen molar-refractivity contribution in [2.75, 3.05) is 19.0 Å². The zero-order valence-electron chi connectivity index (χ0n) is 17.2. The van der Waals surface area contributed by atoms with Gasteiger partial charge in [-0.2, -0.15) is 4.68 Å². The van der Waals surface area contributed by atoms with E-state index in [9.17, 15) is 24.5 Å². The van der Waals surface area contributed by atoms with Crippen molar-refractivity contribution in [3.8, 4) is 0 Å². The van der Waals surface area contributed by atoms with Crippen molar-refractivity contribution in [3.63, 3.8) is 0 Å². The number of hydrogen-bond acceptors (Lipinski definition) is 9. The highest BCUT2D eigenvalue weighted by atomic mass is 32.1. The molecule has 1 amide bonds. The van der Waals surface area contributed by atoms with Gasteiger partial charge in [0, 0.05) is 0 Å². The molecule has 0 aliphatic carbocycles. The molecule has 1 atom stereocenters. The molecule has 2 aromatic heterocycles. The number of carbonyl (C=O) groups is 3. The van der Waals surface area contributed by atoms with Gasteiger partial charge in [-0.05, 0) is 31.3 Å². The number of ether oxygens (including phenoxy) is 2. The summed E-state index contributed by atoms with van der Waals surface area (Å²) in [7, 11) is 1.20. The third-order valence-electron chi connectivity index (χ3n) is 4.28. The molecule has 2 rings (SSSR count). The van der Waals surface area contributed by atoms with E-state index in [4.69, 9.17) is 9.47 Å². The zero-order valence-corrected chi connectivity index (χ0v) is 18.0. The number of carbonyl (C=O) groups excluding carboxylic acids is 3. The first-order valence-electron chi connectivity index (χ1n) is 8.99. The highest BCUT2D eigenvalue weighted by Gasteiger charge is 2.28. The Morgan fingerprint density at radius 3 is 2.53 bits per heavy atom. The number of anilines is 1. The van der Waals surface area contributed by atoms with Gasteiger partial charge in [0.15, 0.2) is 0 Å². The van der Waals surface area contributed by atoms with Crippen LogP contribution in [0.5, 0.6) is 0 Å². The highest BCUT2D eigenvalue weighted by Crippen LogP contribution is 2.34. The fourth-order valence-electron chi connectivity index (χ4n) is 2.68. The van der Waals surface area contributed by atoms with Crippen molar-refractivity contribution in [1.82, 2.24) is 9.78 Å². The van der Waals surface area contributed by atoms with Gasteiger partial charge < -0.3 is 24.9 Å². The van der Waals surface area contributed by atoms with E-state index in [1.54, 1.807) is 27.7 Å². The molecule has 0 fully saturated rings. The molecule has 12 heteroatoms. The van der Waals surface area contributed by atoms with E-state index in [2.05, 4.69) is 10.4 Å². The normalized spacial score (nSPS) is 11.6. The van der Waals surface area contributed by atoms with Crippen LogP contribution < -0.4 is 5.32 Å². The van der Waals surface area contributed by atoms with Gasteiger partial charge in [0.25, 0.3) is 0 Å². The van der Waals surface area contributed by atoms with Gasteiger partial charge >= 0.3 is 17.8 Å². The van der Waals surface area contributed by atoms with Crippen LogP contribution in [0.15, 0.2) is 6.07 Å². The van der Waals surface area contributed by atoms with Crippen LogP contribution in [-0.2, 0) is 20.8 Å². The van der Waals surface area contributed by atoms with Crippen LogP contribution in [-0.4, -0.2) is 46.3 Å². The van der Waals surface area contributed by atoms with Gasteiger partial charge in [-0.25, -0.2) is 9.59 Å². The molecule has 0 saturated heterocycles. The Morgan fingerprint density at radius 2 is 2.00 bits per heavy atom. The summed E-state index contributed by atoms with van der Waals surface area (Å²) < 4.78 is 11.1. The van der Waals surface area contributed by atoms with Crippen molar-refractivity contribution in [2.45, 2.75) is 34.2 Å². The number of nitro groups is 1. The highest BCUT2D eigenvalue weighted by molar-refractivity contribution is 7.18. The number of amides is 1. The number of aromatic nitrogens is 2. The van der Waals surface area contributed by atoms with Crippen LogP contribution in [0.2, 0.25) is 0 Å². The maximum atomic E-state index is 12.7. The van der Waals surface area contributed by atoms with Crippen LogP contribution in [0, 0.1) is 29.9 Å². The maximum absolute atomic E-state index is 12.7. The molecule has 2 aromatic rings. The summed E-state index contributed by atoms with van der Waals surface area (Å²) in [5.74, 6) is -2.68. The lowest BCUT2D eigenvalue weighted by Crippen LogP contribution is -2.25. The van der Waals surface area contributed by atoms with E-state index in [0.29, 0.717) is 11.3 Å². The molecule has 0 spiro atoms. The molecule has 1 N–H and O–H groups in total. The summed E-state index contributed by atoms with van der Waals surface area (Å²) in [4.78, 5) is 47.5. The summed E-state index contributed by atoms with van der Waals surface area (Å²) in [5.41, 5.74) is 0.969. The molecule has 0 aliphatic rings. The Labute approximate surface area is 176 Å². The number of aryl methyl sites for hydroxylation is 1. The van der Waals surface area contributed by atoms with Gasteiger partial charge in [0.05, 0.1) is 48.6 Å². The number of methoxy groups -OCH3 is 1. The van der Waals surface area contributed by atoms with Crippen molar-refractivity contribution in [2.24, 2.45) is 5.92 Å². The fourth-order valence-corrected chi connectivity index (χ4v) is 3.78. The second-order valence-electron chi connectivity index (χ2n) is 6.45. The molecular formula is C18H22N4O7S. The van der Waals surface area contributed by atoms with Gasteiger partial charge in [0.1, 0.15) is 9.88 Å². The first kappa shape index (κ1) is 23.0. The number of nitrogens with zero attached hydrogens (tertiary/aromatic N) is 3. The summed E-state index contributed by atoms with van der Waals surface area (Å²) in [6.45, 7) is 6.75. The average Bonchev–Trinajstić information content (AvgIpc) is 3.21. The Hall–Kier alpha value is -3.28. The van der Waals surface area contributed by atoms with E-state index < -0.39 is 28.7 Å². The SMILES string of the molecule is CCOC(=O)c1sc(NC(=O)C(C)Cn2nc([N+](=O)[O-])cc2C)c(C(=O)OC)c1C. The van der Waals surface area contributed by atoms with Gasteiger partial charge in [-0.3, -0.25) is 4.79 Å². The van der Waals surface area contributed by atoms with Crippen molar-refractivity contribution in [1.29, 1.82) is 0 Å². The van der Waals surface area contributed by atoms with Crippen LogP contribution in [0.25, 0.3) is 0 Å². The first-order chi connectivity index (χ1) is 14.1. The number of esters is 2. The molecule has 162 valence electrons.